The topological polar surface area (TPSA) is 80.3 Å². The van der Waals surface area contributed by atoms with E-state index in [0.29, 0.717) is 0 Å². The van der Waals surface area contributed by atoms with Gasteiger partial charge in [-0.1, -0.05) is 49.0 Å². The summed E-state index contributed by atoms with van der Waals surface area (Å²) in [5.74, 6) is -2.36. The van der Waals surface area contributed by atoms with Crippen molar-refractivity contribution in [1.29, 1.82) is 0 Å². The van der Waals surface area contributed by atoms with E-state index in [1.54, 1.807) is 18.2 Å². The summed E-state index contributed by atoms with van der Waals surface area (Å²) >= 11 is 0. The van der Waals surface area contributed by atoms with Crippen LogP contribution in [0.1, 0.15) is 10.4 Å². The van der Waals surface area contributed by atoms with Crippen LogP contribution < -0.4 is 10.2 Å². The van der Waals surface area contributed by atoms with Crippen LogP contribution in [0.3, 0.4) is 0 Å². The van der Waals surface area contributed by atoms with Gasteiger partial charge in [0.25, 0.3) is 0 Å². The summed E-state index contributed by atoms with van der Waals surface area (Å²) in [5, 5.41) is 21.5. The van der Waals surface area contributed by atoms with Crippen molar-refractivity contribution < 1.29 is 19.8 Å². The Labute approximate surface area is 126 Å². The van der Waals surface area contributed by atoms with Crippen LogP contribution in [0.4, 0.5) is 0 Å². The molecule has 0 radical (unpaired) electrons. The van der Waals surface area contributed by atoms with Crippen molar-refractivity contribution in [1.82, 2.24) is 0 Å². The first kappa shape index (κ1) is 17.1. The van der Waals surface area contributed by atoms with Gasteiger partial charge in [-0.05, 0) is 16.8 Å². The molecule has 0 bridgehead atoms. The number of hydrogen-bond acceptors (Lipinski definition) is 4. The second-order valence-corrected chi connectivity index (χ2v) is 3.34. The zero-order valence-electron chi connectivity index (χ0n) is 10.2. The van der Waals surface area contributed by atoms with E-state index in [9.17, 15) is 9.90 Å². The molecule has 0 fully saturated rings. The van der Waals surface area contributed by atoms with Crippen LogP contribution in [0.5, 0.6) is 0 Å². The summed E-state index contributed by atoms with van der Waals surface area (Å²) in [7, 11) is 0. The summed E-state index contributed by atoms with van der Waals surface area (Å²) in [5.41, 5.74) is 0.248. The molecule has 0 aliphatic carbocycles. The molecule has 0 amide bonds. The second kappa shape index (κ2) is 8.28. The van der Waals surface area contributed by atoms with Crippen LogP contribution in [0.15, 0.2) is 55.1 Å². The average Bonchev–Trinajstić information content (AvgIpc) is 2.38. The van der Waals surface area contributed by atoms with Crippen molar-refractivity contribution in [3.63, 3.8) is 0 Å². The summed E-state index contributed by atoms with van der Waals surface area (Å²) in [6.45, 7) is 2.90. The fourth-order valence-corrected chi connectivity index (χ4v) is 1.40. The van der Waals surface area contributed by atoms with Gasteiger partial charge in [0.15, 0.2) is 0 Å². The number of carboxylic acids is 2. The van der Waals surface area contributed by atoms with E-state index in [1.165, 1.54) is 0 Å². The van der Waals surface area contributed by atoms with E-state index in [-0.39, 0.29) is 28.6 Å². The molecule has 0 unspecified atom stereocenters. The van der Waals surface area contributed by atoms with Gasteiger partial charge in [0.2, 0.25) is 0 Å². The molecule has 2 aromatic carbocycles. The minimum absolute atomic E-state index is 0. The minimum atomic E-state index is -1.23. The number of benzene rings is 2. The van der Waals surface area contributed by atoms with Gasteiger partial charge in [0.05, 0.1) is 11.9 Å². The fraction of sp³-hybridized carbons (Fsp3) is 0. The molecule has 0 aliphatic rings. The van der Waals surface area contributed by atoms with Crippen LogP contribution in [-0.2, 0) is 4.79 Å². The third-order valence-corrected chi connectivity index (χ3v) is 2.18. The van der Waals surface area contributed by atoms with Crippen molar-refractivity contribution in [2.75, 3.05) is 0 Å². The Morgan fingerprint density at radius 1 is 1.00 bits per heavy atom. The molecule has 0 aromatic heterocycles. The largest absolute Gasteiger partial charge is 2.00 e. The van der Waals surface area contributed by atoms with Crippen molar-refractivity contribution in [2.24, 2.45) is 0 Å². The summed E-state index contributed by atoms with van der Waals surface area (Å²) in [6, 6.07) is 12.5. The van der Waals surface area contributed by atoms with Gasteiger partial charge < -0.3 is 19.8 Å². The van der Waals surface area contributed by atoms with Gasteiger partial charge in [0.1, 0.15) is 0 Å². The maximum atomic E-state index is 10.7. The number of hydrogen-bond donors (Lipinski definition) is 0. The minimum Gasteiger partial charge on any atom is -0.545 e. The van der Waals surface area contributed by atoms with Gasteiger partial charge in [0, 0.05) is 5.56 Å². The van der Waals surface area contributed by atoms with E-state index in [0.717, 1.165) is 16.8 Å². The zero-order chi connectivity index (χ0) is 13.5. The molecule has 0 aliphatic heterocycles. The number of carbonyl (C=O) groups excluding carboxylic acids is 2. The Kier molecular flexibility index (Phi) is 7.48. The zero-order valence-corrected chi connectivity index (χ0v) is 11.6. The van der Waals surface area contributed by atoms with Crippen molar-refractivity contribution >= 4 is 45.8 Å². The molecule has 5 heteroatoms. The van der Waals surface area contributed by atoms with Crippen LogP contribution in [0.25, 0.3) is 10.8 Å². The number of carbonyl (C=O) groups is 2. The predicted molar refractivity (Wildman–Crippen MR) is 69.2 cm³/mol. The first-order valence-corrected chi connectivity index (χ1v) is 5.08. The Balaban J connectivity index is 0.000000471. The Morgan fingerprint density at radius 2 is 1.53 bits per heavy atom. The maximum Gasteiger partial charge on any atom is 2.00 e. The molecule has 0 N–H and O–H groups in total. The molecule has 0 heterocycles. The molecule has 19 heavy (non-hydrogen) atoms. The smallest absolute Gasteiger partial charge is 0.545 e. The molecule has 0 spiro atoms. The van der Waals surface area contributed by atoms with Crippen LogP contribution in [0.2, 0.25) is 0 Å². The van der Waals surface area contributed by atoms with E-state index in [2.05, 4.69) is 6.58 Å². The normalized spacial score (nSPS) is 8.63. The Morgan fingerprint density at radius 3 is 2.05 bits per heavy atom. The van der Waals surface area contributed by atoms with E-state index < -0.39 is 11.9 Å². The van der Waals surface area contributed by atoms with E-state index >= 15 is 0 Å². The average molecular weight is 267 g/mol. The first-order chi connectivity index (χ1) is 8.56. The van der Waals surface area contributed by atoms with Gasteiger partial charge in [-0.3, -0.25) is 0 Å². The summed E-state index contributed by atoms with van der Waals surface area (Å²) in [6.07, 6.45) is 0.722. The molecule has 0 saturated heterocycles. The van der Waals surface area contributed by atoms with E-state index in [1.807, 2.05) is 24.3 Å². The maximum absolute atomic E-state index is 10.7. The van der Waals surface area contributed by atoms with Crippen LogP contribution in [0, 0.1) is 0 Å². The molecule has 4 nitrogen and oxygen atoms in total. The van der Waals surface area contributed by atoms with E-state index in [4.69, 9.17) is 9.90 Å². The van der Waals surface area contributed by atoms with Crippen molar-refractivity contribution in [3.05, 3.63) is 60.7 Å². The summed E-state index contributed by atoms with van der Waals surface area (Å²) < 4.78 is 0. The number of fused-ring (bicyclic) bond motifs is 1. The standard InChI is InChI=1S/C11H8O2.C3H4O2.Mg/c12-11(13)10-7-3-5-8-4-1-2-6-9(8)10;1-2-3(4)5;/h1-7H,(H,12,13);2H,1H2,(H,4,5);/q;;+2/p-2. The van der Waals surface area contributed by atoms with Gasteiger partial charge in [-0.2, -0.15) is 0 Å². The quantitative estimate of drug-likeness (QED) is 0.554. The second-order valence-electron chi connectivity index (χ2n) is 3.34. The number of aromatic carboxylic acids is 1. The molecule has 2 aromatic rings. The fourth-order valence-electron chi connectivity index (χ4n) is 1.40. The molecule has 0 atom stereocenters. The monoisotopic (exact) mass is 266 g/mol. The van der Waals surface area contributed by atoms with Gasteiger partial charge >= 0.3 is 23.1 Å². The van der Waals surface area contributed by atoms with Crippen molar-refractivity contribution in [3.8, 4) is 0 Å². The third kappa shape index (κ3) is 5.11. The Hall–Kier alpha value is -1.85. The number of rotatable bonds is 2. The van der Waals surface area contributed by atoms with Crippen molar-refractivity contribution in [2.45, 2.75) is 0 Å². The number of carboxylic acid groups (broad SMARTS) is 2. The van der Waals surface area contributed by atoms with Gasteiger partial charge in [-0.15, -0.1) is 0 Å². The molecule has 92 valence electrons. The Bertz CT molecular complexity index is 588. The molecule has 0 saturated carbocycles. The number of aliphatic carboxylic acids is 1. The predicted octanol–water partition coefficient (Wildman–Crippen LogP) is -0.255. The molecular formula is C14H10MgO4. The van der Waals surface area contributed by atoms with Gasteiger partial charge in [-0.25, -0.2) is 0 Å². The SMILES string of the molecule is C=CC(=O)[O-].O=C([O-])c1cccc2ccccc12.[Mg+2]. The first-order valence-electron chi connectivity index (χ1n) is 5.08. The molecular weight excluding hydrogens is 256 g/mol. The van der Waals surface area contributed by atoms with Crippen LogP contribution in [-0.4, -0.2) is 35.0 Å². The summed E-state index contributed by atoms with van der Waals surface area (Å²) in [4.78, 5) is 19.8. The molecule has 2 rings (SSSR count). The van der Waals surface area contributed by atoms with Crippen LogP contribution >= 0.6 is 0 Å². The third-order valence-electron chi connectivity index (χ3n) is 2.18.